The van der Waals surface area contributed by atoms with Gasteiger partial charge in [0.1, 0.15) is 6.54 Å². The van der Waals surface area contributed by atoms with Gasteiger partial charge in [0, 0.05) is 25.4 Å². The van der Waals surface area contributed by atoms with Crippen molar-refractivity contribution in [3.8, 4) is 0 Å². The SMILES string of the molecule is CCNC(c1ccn(Cc2nnc(C)o2)c1)C1CC1. The van der Waals surface area contributed by atoms with Crippen molar-refractivity contribution >= 4 is 0 Å². The van der Waals surface area contributed by atoms with Gasteiger partial charge in [-0.3, -0.25) is 0 Å². The van der Waals surface area contributed by atoms with Crippen molar-refractivity contribution < 1.29 is 4.42 Å². The van der Waals surface area contributed by atoms with Crippen molar-refractivity contribution in [3.05, 3.63) is 35.8 Å². The molecule has 0 aliphatic heterocycles. The van der Waals surface area contributed by atoms with Gasteiger partial charge in [0.15, 0.2) is 0 Å². The summed E-state index contributed by atoms with van der Waals surface area (Å²) in [4.78, 5) is 0. The number of aryl methyl sites for hydroxylation is 1. The molecule has 1 unspecified atom stereocenters. The molecule has 19 heavy (non-hydrogen) atoms. The molecule has 1 aliphatic carbocycles. The van der Waals surface area contributed by atoms with E-state index in [0.717, 1.165) is 12.5 Å². The Balaban J connectivity index is 1.71. The first-order valence-corrected chi connectivity index (χ1v) is 6.94. The first-order valence-electron chi connectivity index (χ1n) is 6.94. The van der Waals surface area contributed by atoms with Crippen LogP contribution in [-0.2, 0) is 6.54 Å². The molecule has 0 spiro atoms. The number of hydrogen-bond donors (Lipinski definition) is 1. The molecular formula is C14H20N4O. The highest BCUT2D eigenvalue weighted by Gasteiger charge is 2.32. The van der Waals surface area contributed by atoms with Crippen LogP contribution in [0.15, 0.2) is 22.9 Å². The van der Waals surface area contributed by atoms with Gasteiger partial charge in [-0.1, -0.05) is 6.92 Å². The number of nitrogens with one attached hydrogen (secondary N) is 1. The lowest BCUT2D eigenvalue weighted by molar-refractivity contribution is 0.453. The summed E-state index contributed by atoms with van der Waals surface area (Å²) in [6.07, 6.45) is 6.95. The van der Waals surface area contributed by atoms with Crippen molar-refractivity contribution in [2.75, 3.05) is 6.54 Å². The van der Waals surface area contributed by atoms with Crippen molar-refractivity contribution in [1.29, 1.82) is 0 Å². The number of rotatable bonds is 6. The molecule has 1 aliphatic rings. The van der Waals surface area contributed by atoms with E-state index < -0.39 is 0 Å². The topological polar surface area (TPSA) is 55.9 Å². The molecule has 102 valence electrons. The Hall–Kier alpha value is -1.62. The van der Waals surface area contributed by atoms with Gasteiger partial charge in [0.25, 0.3) is 0 Å². The molecule has 2 aromatic heterocycles. The van der Waals surface area contributed by atoms with Gasteiger partial charge in [0.05, 0.1) is 0 Å². The zero-order valence-electron chi connectivity index (χ0n) is 11.5. The van der Waals surface area contributed by atoms with Gasteiger partial charge >= 0.3 is 0 Å². The summed E-state index contributed by atoms with van der Waals surface area (Å²) in [5, 5.41) is 11.5. The molecule has 5 nitrogen and oxygen atoms in total. The van der Waals surface area contributed by atoms with Crippen LogP contribution in [0.1, 0.15) is 43.2 Å². The summed E-state index contributed by atoms with van der Waals surface area (Å²) in [5.74, 6) is 2.08. The highest BCUT2D eigenvalue weighted by Crippen LogP contribution is 2.41. The molecule has 1 saturated carbocycles. The second kappa shape index (κ2) is 5.17. The highest BCUT2D eigenvalue weighted by molar-refractivity contribution is 5.18. The van der Waals surface area contributed by atoms with Gasteiger partial charge in [-0.15, -0.1) is 10.2 Å². The Labute approximate surface area is 113 Å². The molecule has 3 rings (SSSR count). The average molecular weight is 260 g/mol. The third-order valence-corrected chi connectivity index (χ3v) is 3.54. The zero-order valence-corrected chi connectivity index (χ0v) is 11.5. The van der Waals surface area contributed by atoms with Crippen molar-refractivity contribution in [1.82, 2.24) is 20.1 Å². The predicted molar refractivity (Wildman–Crippen MR) is 71.7 cm³/mol. The monoisotopic (exact) mass is 260 g/mol. The lowest BCUT2D eigenvalue weighted by Gasteiger charge is -2.15. The Bertz CT molecular complexity index is 541. The number of nitrogens with zero attached hydrogens (tertiary/aromatic N) is 3. The van der Waals surface area contributed by atoms with Crippen LogP contribution in [-0.4, -0.2) is 21.3 Å². The molecule has 5 heteroatoms. The normalized spacial score (nSPS) is 16.7. The molecule has 1 fully saturated rings. The Kier molecular flexibility index (Phi) is 3.38. The summed E-state index contributed by atoms with van der Waals surface area (Å²) in [6, 6.07) is 2.69. The molecule has 0 radical (unpaired) electrons. The molecule has 2 aromatic rings. The van der Waals surface area contributed by atoms with E-state index in [4.69, 9.17) is 4.42 Å². The van der Waals surface area contributed by atoms with Crippen LogP contribution in [0.3, 0.4) is 0 Å². The quantitative estimate of drug-likeness (QED) is 0.865. The minimum Gasteiger partial charge on any atom is -0.424 e. The second-order valence-corrected chi connectivity index (χ2v) is 5.20. The first-order chi connectivity index (χ1) is 9.26. The summed E-state index contributed by atoms with van der Waals surface area (Å²) in [6.45, 7) is 5.62. The maximum Gasteiger partial charge on any atom is 0.236 e. The summed E-state index contributed by atoms with van der Waals surface area (Å²) in [5.41, 5.74) is 1.36. The minimum absolute atomic E-state index is 0.496. The Morgan fingerprint density at radius 2 is 2.32 bits per heavy atom. The van der Waals surface area contributed by atoms with Crippen LogP contribution in [0.4, 0.5) is 0 Å². The van der Waals surface area contributed by atoms with E-state index in [1.54, 1.807) is 0 Å². The lowest BCUT2D eigenvalue weighted by atomic mass is 10.1. The fourth-order valence-electron chi connectivity index (χ4n) is 2.51. The van der Waals surface area contributed by atoms with E-state index in [9.17, 15) is 0 Å². The van der Waals surface area contributed by atoms with E-state index >= 15 is 0 Å². The second-order valence-electron chi connectivity index (χ2n) is 5.20. The van der Waals surface area contributed by atoms with Crippen molar-refractivity contribution in [2.24, 2.45) is 5.92 Å². The lowest BCUT2D eigenvalue weighted by Crippen LogP contribution is -2.22. The minimum atomic E-state index is 0.496. The van der Waals surface area contributed by atoms with Crippen LogP contribution in [0, 0.1) is 12.8 Å². The average Bonchev–Trinajstić information content (AvgIpc) is 3.00. The molecule has 0 aromatic carbocycles. The van der Waals surface area contributed by atoms with Gasteiger partial charge in [-0.25, -0.2) is 0 Å². The maximum atomic E-state index is 5.41. The van der Waals surface area contributed by atoms with E-state index in [-0.39, 0.29) is 0 Å². The van der Waals surface area contributed by atoms with Crippen molar-refractivity contribution in [3.63, 3.8) is 0 Å². The smallest absolute Gasteiger partial charge is 0.236 e. The highest BCUT2D eigenvalue weighted by atomic mass is 16.4. The molecule has 1 N–H and O–H groups in total. The van der Waals surface area contributed by atoms with E-state index in [0.29, 0.717) is 24.4 Å². The number of hydrogen-bond acceptors (Lipinski definition) is 4. The number of aromatic nitrogens is 3. The Morgan fingerprint density at radius 1 is 1.47 bits per heavy atom. The maximum absolute atomic E-state index is 5.41. The standard InChI is InChI=1S/C14H20N4O/c1-3-15-14(11-4-5-11)12-6-7-18(8-12)9-13-17-16-10(2)19-13/h6-8,11,14-15H,3-5,9H2,1-2H3. The van der Waals surface area contributed by atoms with Gasteiger partial charge in [0.2, 0.25) is 11.8 Å². The molecule has 2 heterocycles. The fraction of sp³-hybridized carbons (Fsp3) is 0.571. The van der Waals surface area contributed by atoms with Crippen LogP contribution in [0.5, 0.6) is 0 Å². The fourth-order valence-corrected chi connectivity index (χ4v) is 2.51. The van der Waals surface area contributed by atoms with E-state index in [1.807, 2.05) is 6.92 Å². The largest absolute Gasteiger partial charge is 0.424 e. The van der Waals surface area contributed by atoms with E-state index in [1.165, 1.54) is 18.4 Å². The van der Waals surface area contributed by atoms with Gasteiger partial charge < -0.3 is 14.3 Å². The van der Waals surface area contributed by atoms with Crippen LogP contribution < -0.4 is 5.32 Å². The van der Waals surface area contributed by atoms with Crippen LogP contribution in [0.2, 0.25) is 0 Å². The van der Waals surface area contributed by atoms with Gasteiger partial charge in [-0.2, -0.15) is 0 Å². The molecule has 0 bridgehead atoms. The third kappa shape index (κ3) is 2.87. The zero-order chi connectivity index (χ0) is 13.2. The molecule has 0 saturated heterocycles. The molecule has 0 amide bonds. The molecular weight excluding hydrogens is 240 g/mol. The van der Waals surface area contributed by atoms with E-state index in [2.05, 4.69) is 45.5 Å². The van der Waals surface area contributed by atoms with Crippen LogP contribution in [0.25, 0.3) is 0 Å². The summed E-state index contributed by atoms with van der Waals surface area (Å²) >= 11 is 0. The first kappa shape index (κ1) is 12.4. The Morgan fingerprint density at radius 3 is 2.95 bits per heavy atom. The molecule has 1 atom stereocenters. The van der Waals surface area contributed by atoms with Crippen LogP contribution >= 0.6 is 0 Å². The van der Waals surface area contributed by atoms with Crippen molar-refractivity contribution in [2.45, 2.75) is 39.3 Å². The predicted octanol–water partition coefficient (Wildman–Crippen LogP) is 2.29. The third-order valence-electron chi connectivity index (χ3n) is 3.54. The summed E-state index contributed by atoms with van der Waals surface area (Å²) in [7, 11) is 0. The van der Waals surface area contributed by atoms with Gasteiger partial charge in [-0.05, 0) is 36.9 Å². The summed E-state index contributed by atoms with van der Waals surface area (Å²) < 4.78 is 7.51.